The van der Waals surface area contributed by atoms with Crippen LogP contribution in [0.1, 0.15) is 33.4 Å². The quantitative estimate of drug-likeness (QED) is 0.152. The number of nitrogens with zero attached hydrogens (tertiary/aromatic N) is 2. The number of rotatable bonds is 11. The second-order valence-corrected chi connectivity index (χ2v) is 11.7. The maximum absolute atomic E-state index is 2.46. The Balaban J connectivity index is 1.22. The van der Waals surface area contributed by atoms with E-state index in [1.807, 2.05) is 0 Å². The largest absolute Gasteiger partial charge is 0.363 e. The molecule has 0 N–H and O–H groups in total. The van der Waals surface area contributed by atoms with Gasteiger partial charge in [-0.25, -0.2) is 0 Å². The zero-order valence-electron chi connectivity index (χ0n) is 25.7. The maximum Gasteiger partial charge on any atom is 0.0433 e. The van der Waals surface area contributed by atoms with Gasteiger partial charge in [-0.3, -0.25) is 0 Å². The monoisotopic (exact) mass is 572 g/mol. The minimum Gasteiger partial charge on any atom is -0.363 e. The van der Waals surface area contributed by atoms with Gasteiger partial charge in [-0.05, 0) is 71.5 Å². The van der Waals surface area contributed by atoms with Crippen molar-refractivity contribution in [3.8, 4) is 11.1 Å². The van der Waals surface area contributed by atoms with E-state index in [-0.39, 0.29) is 0 Å². The lowest BCUT2D eigenvalue weighted by Gasteiger charge is -2.26. The smallest absolute Gasteiger partial charge is 0.0433 e. The van der Waals surface area contributed by atoms with Crippen molar-refractivity contribution in [1.29, 1.82) is 0 Å². The lowest BCUT2D eigenvalue weighted by atomic mass is 10.0. The fourth-order valence-electron chi connectivity index (χ4n) is 5.64. The van der Waals surface area contributed by atoms with E-state index in [0.29, 0.717) is 0 Å². The molecule has 2 nitrogen and oxygen atoms in total. The maximum atomic E-state index is 2.46. The molecule has 0 heterocycles. The van der Waals surface area contributed by atoms with E-state index in [1.54, 1.807) is 0 Å². The van der Waals surface area contributed by atoms with Crippen molar-refractivity contribution in [3.05, 3.63) is 191 Å². The van der Waals surface area contributed by atoms with Gasteiger partial charge in [0.15, 0.2) is 0 Å². The van der Waals surface area contributed by atoms with Crippen molar-refractivity contribution in [3.63, 3.8) is 0 Å². The van der Waals surface area contributed by atoms with E-state index >= 15 is 0 Å². The van der Waals surface area contributed by atoms with E-state index in [1.165, 1.54) is 55.9 Å². The predicted octanol–water partition coefficient (Wildman–Crippen LogP) is 10.4. The van der Waals surface area contributed by atoms with Gasteiger partial charge in [-0.15, -0.1) is 0 Å². The highest BCUT2D eigenvalue weighted by atomic mass is 15.1. The summed E-state index contributed by atoms with van der Waals surface area (Å²) in [5, 5.41) is 0. The average molecular weight is 573 g/mol. The first-order valence-corrected chi connectivity index (χ1v) is 15.5. The van der Waals surface area contributed by atoms with Crippen molar-refractivity contribution in [2.24, 2.45) is 0 Å². The Hall–Kier alpha value is -5.08. The highest BCUT2D eigenvalue weighted by Crippen LogP contribution is 2.29. The number of benzene rings is 6. The summed E-state index contributed by atoms with van der Waals surface area (Å²) in [7, 11) is 0. The van der Waals surface area contributed by atoms with Gasteiger partial charge in [0.1, 0.15) is 0 Å². The van der Waals surface area contributed by atoms with Gasteiger partial charge in [0.05, 0.1) is 0 Å². The molecule has 0 bridgehead atoms. The molecule has 0 radical (unpaired) electrons. The van der Waals surface area contributed by atoms with Crippen LogP contribution in [0.2, 0.25) is 0 Å². The summed E-state index contributed by atoms with van der Waals surface area (Å²) in [5.41, 5.74) is 12.7. The Morgan fingerprint density at radius 1 is 0.318 bits per heavy atom. The van der Waals surface area contributed by atoms with Gasteiger partial charge in [0.25, 0.3) is 0 Å². The minimum absolute atomic E-state index is 0.862. The Morgan fingerprint density at radius 2 is 0.614 bits per heavy atom. The van der Waals surface area contributed by atoms with Gasteiger partial charge in [-0.2, -0.15) is 0 Å². The Morgan fingerprint density at radius 3 is 0.932 bits per heavy atom. The fraction of sp³-hybridized carbons (Fsp3) is 0.143. The van der Waals surface area contributed by atoms with Crippen LogP contribution in [0.3, 0.4) is 0 Å². The van der Waals surface area contributed by atoms with E-state index in [9.17, 15) is 0 Å². The van der Waals surface area contributed by atoms with Crippen LogP contribution in [-0.4, -0.2) is 0 Å². The second-order valence-electron chi connectivity index (χ2n) is 11.7. The molecule has 0 aromatic heterocycles. The fourth-order valence-corrected chi connectivity index (χ4v) is 5.64. The molecule has 0 saturated heterocycles. The molecule has 218 valence electrons. The van der Waals surface area contributed by atoms with Gasteiger partial charge in [-0.1, -0.05) is 145 Å². The molecule has 0 amide bonds. The number of hydrogen-bond donors (Lipinski definition) is 0. The zero-order chi connectivity index (χ0) is 30.1. The summed E-state index contributed by atoms with van der Waals surface area (Å²) in [6.45, 7) is 7.73. The lowest BCUT2D eigenvalue weighted by Crippen LogP contribution is -2.22. The second kappa shape index (κ2) is 13.9. The molecule has 0 aliphatic rings. The molecule has 2 heteroatoms. The van der Waals surface area contributed by atoms with Gasteiger partial charge >= 0.3 is 0 Å². The molecule has 0 unspecified atom stereocenters. The first-order valence-electron chi connectivity index (χ1n) is 15.5. The first-order chi connectivity index (χ1) is 21.6. The van der Waals surface area contributed by atoms with Crippen molar-refractivity contribution in [2.75, 3.05) is 9.80 Å². The molecular formula is C42H40N2. The Kier molecular flexibility index (Phi) is 9.18. The third kappa shape index (κ3) is 7.65. The normalized spacial score (nSPS) is 10.9. The van der Waals surface area contributed by atoms with Crippen LogP contribution >= 0.6 is 0 Å². The third-order valence-electron chi connectivity index (χ3n) is 8.22. The van der Waals surface area contributed by atoms with Crippen LogP contribution in [0.4, 0.5) is 11.4 Å². The van der Waals surface area contributed by atoms with Crippen LogP contribution in [0, 0.1) is 13.8 Å². The van der Waals surface area contributed by atoms with Crippen molar-refractivity contribution < 1.29 is 0 Å². The topological polar surface area (TPSA) is 6.48 Å². The molecule has 44 heavy (non-hydrogen) atoms. The first kappa shape index (κ1) is 29.0. The number of hydrogen-bond acceptors (Lipinski definition) is 2. The van der Waals surface area contributed by atoms with Crippen molar-refractivity contribution in [1.82, 2.24) is 0 Å². The van der Waals surface area contributed by atoms with Gasteiger partial charge in [0.2, 0.25) is 0 Å². The molecule has 6 rings (SSSR count). The average Bonchev–Trinajstić information content (AvgIpc) is 3.07. The van der Waals surface area contributed by atoms with E-state index < -0.39 is 0 Å². The highest BCUT2D eigenvalue weighted by Gasteiger charge is 2.12. The molecule has 0 saturated carbocycles. The Bertz CT molecular complexity index is 1590. The van der Waals surface area contributed by atoms with E-state index in [0.717, 1.165) is 26.2 Å². The molecule has 0 fully saturated rings. The van der Waals surface area contributed by atoms with E-state index in [2.05, 4.69) is 181 Å². The molecular weight excluding hydrogens is 532 g/mol. The summed E-state index contributed by atoms with van der Waals surface area (Å²) in [6, 6.07) is 57.3. The molecule has 6 aromatic carbocycles. The molecule has 0 atom stereocenters. The minimum atomic E-state index is 0.862. The third-order valence-corrected chi connectivity index (χ3v) is 8.22. The van der Waals surface area contributed by atoms with Crippen LogP contribution in [-0.2, 0) is 26.2 Å². The SMILES string of the molecule is Cc1ccc(CN(Cc2ccccc2)c2ccc(-c3ccc(N(Cc4ccccc4)Cc4ccc(C)cc4)cc3)cc2)cc1. The molecule has 0 aliphatic carbocycles. The van der Waals surface area contributed by atoms with Crippen molar-refractivity contribution >= 4 is 11.4 Å². The predicted molar refractivity (Wildman–Crippen MR) is 187 cm³/mol. The summed E-state index contributed by atoms with van der Waals surface area (Å²) < 4.78 is 0. The van der Waals surface area contributed by atoms with Crippen LogP contribution in [0.5, 0.6) is 0 Å². The summed E-state index contributed by atoms with van der Waals surface area (Å²) in [5.74, 6) is 0. The van der Waals surface area contributed by atoms with Gasteiger partial charge < -0.3 is 9.80 Å². The number of anilines is 2. The highest BCUT2D eigenvalue weighted by molar-refractivity contribution is 5.69. The molecule has 6 aromatic rings. The zero-order valence-corrected chi connectivity index (χ0v) is 25.7. The van der Waals surface area contributed by atoms with E-state index in [4.69, 9.17) is 0 Å². The van der Waals surface area contributed by atoms with Crippen LogP contribution < -0.4 is 9.80 Å². The van der Waals surface area contributed by atoms with Crippen LogP contribution in [0.15, 0.2) is 158 Å². The van der Waals surface area contributed by atoms with Crippen LogP contribution in [0.25, 0.3) is 11.1 Å². The van der Waals surface area contributed by atoms with Crippen molar-refractivity contribution in [2.45, 2.75) is 40.0 Å². The number of aryl methyl sites for hydroxylation is 2. The lowest BCUT2D eigenvalue weighted by molar-refractivity contribution is 0.799. The van der Waals surface area contributed by atoms with Gasteiger partial charge in [0, 0.05) is 37.6 Å². The molecule has 0 spiro atoms. The standard InChI is InChI=1S/C42H40N2/c1-33-13-17-37(18-14-33)31-43(29-35-9-5-3-6-10-35)41-25-21-39(22-26-41)40-23-27-42(28-24-40)44(30-36-11-7-4-8-12-36)32-38-19-15-34(2)16-20-38/h3-28H,29-32H2,1-2H3. The summed E-state index contributed by atoms with van der Waals surface area (Å²) >= 11 is 0. The Labute approximate surface area is 262 Å². The summed E-state index contributed by atoms with van der Waals surface area (Å²) in [6.07, 6.45) is 0. The summed E-state index contributed by atoms with van der Waals surface area (Å²) in [4.78, 5) is 4.92. The molecule has 0 aliphatic heterocycles.